The van der Waals surface area contributed by atoms with Gasteiger partial charge in [-0.1, -0.05) is 30.3 Å². The highest BCUT2D eigenvalue weighted by molar-refractivity contribution is 7.97. The predicted octanol–water partition coefficient (Wildman–Crippen LogP) is 4.29. The van der Waals surface area contributed by atoms with Crippen LogP contribution < -0.4 is 10.2 Å². The Balaban J connectivity index is 1.62. The van der Waals surface area contributed by atoms with Crippen molar-refractivity contribution in [3.63, 3.8) is 0 Å². The van der Waals surface area contributed by atoms with E-state index < -0.39 is 6.04 Å². The van der Waals surface area contributed by atoms with Crippen LogP contribution in [-0.4, -0.2) is 41.6 Å². The minimum atomic E-state index is -0.469. The van der Waals surface area contributed by atoms with Crippen LogP contribution in [0.3, 0.4) is 0 Å². The molecule has 0 bridgehead atoms. The lowest BCUT2D eigenvalue weighted by molar-refractivity contribution is -0.149. The lowest BCUT2D eigenvalue weighted by atomic mass is 10.1. The van der Waals surface area contributed by atoms with E-state index in [9.17, 15) is 4.79 Å². The summed E-state index contributed by atoms with van der Waals surface area (Å²) in [5, 5.41) is 0. The number of amides is 1. The summed E-state index contributed by atoms with van der Waals surface area (Å²) in [4.78, 5) is 18.8. The van der Waals surface area contributed by atoms with Crippen LogP contribution in [0.5, 0.6) is 5.75 Å². The molecule has 1 N–H and O–H groups in total. The van der Waals surface area contributed by atoms with Crippen molar-refractivity contribution >= 4 is 17.9 Å². The molecule has 166 valence electrons. The van der Waals surface area contributed by atoms with Gasteiger partial charge >= 0.3 is 0 Å². The zero-order valence-electron chi connectivity index (χ0n) is 18.2. The Kier molecular flexibility index (Phi) is 8.54. The Morgan fingerprint density at radius 3 is 2.71 bits per heavy atom. The van der Waals surface area contributed by atoms with Crippen LogP contribution in [-0.2, 0) is 21.0 Å². The fourth-order valence-electron chi connectivity index (χ4n) is 3.42. The summed E-state index contributed by atoms with van der Waals surface area (Å²) < 4.78 is 13.9. The molecule has 0 aliphatic carbocycles. The van der Waals surface area contributed by atoms with E-state index >= 15 is 0 Å². The number of morpholine rings is 1. The first-order valence-electron chi connectivity index (χ1n) is 10.4. The van der Waals surface area contributed by atoms with Gasteiger partial charge in [0, 0.05) is 11.4 Å². The molecule has 3 rings (SSSR count). The smallest absolute Gasteiger partial charge is 0.264 e. The maximum absolute atomic E-state index is 12.7. The molecule has 31 heavy (non-hydrogen) atoms. The number of carbonyl (C=O) groups excluding carboxylic acids is 1. The fraction of sp³-hybridized carbons (Fsp3) is 0.375. The van der Waals surface area contributed by atoms with Crippen LogP contribution in [0.2, 0.25) is 0 Å². The largest absolute Gasteiger partial charge is 0.489 e. The maximum atomic E-state index is 12.7. The van der Waals surface area contributed by atoms with Gasteiger partial charge in [-0.15, -0.1) is 6.58 Å². The molecule has 1 saturated heterocycles. The van der Waals surface area contributed by atoms with Crippen molar-refractivity contribution in [2.45, 2.75) is 50.5 Å². The van der Waals surface area contributed by atoms with E-state index in [1.807, 2.05) is 50.2 Å². The summed E-state index contributed by atoms with van der Waals surface area (Å²) in [6.45, 7) is 11.0. The van der Waals surface area contributed by atoms with E-state index in [1.54, 1.807) is 6.08 Å². The molecule has 0 aromatic heterocycles. The second-order valence-electron chi connectivity index (χ2n) is 7.54. The molecule has 1 aliphatic heterocycles. The molecular weight excluding hydrogens is 412 g/mol. The zero-order chi connectivity index (χ0) is 22.2. The van der Waals surface area contributed by atoms with E-state index in [2.05, 4.69) is 35.4 Å². The lowest BCUT2D eigenvalue weighted by Gasteiger charge is -2.40. The minimum Gasteiger partial charge on any atom is -0.489 e. The predicted molar refractivity (Wildman–Crippen MR) is 123 cm³/mol. The number of ether oxygens (including phenoxy) is 2. The highest BCUT2D eigenvalue weighted by Gasteiger charge is 2.38. The van der Waals surface area contributed by atoms with Gasteiger partial charge in [0.2, 0.25) is 0 Å². The van der Waals surface area contributed by atoms with Gasteiger partial charge in [0.1, 0.15) is 18.4 Å². The van der Waals surface area contributed by atoms with Gasteiger partial charge in [-0.2, -0.15) is 0 Å². The van der Waals surface area contributed by atoms with Gasteiger partial charge in [-0.05, 0) is 68.1 Å². The third-order valence-electron chi connectivity index (χ3n) is 4.98. The number of aryl methyl sites for hydroxylation is 1. The first-order valence-corrected chi connectivity index (χ1v) is 11.1. The molecule has 2 aromatic rings. The van der Waals surface area contributed by atoms with Gasteiger partial charge in [-0.25, -0.2) is 9.79 Å². The molecule has 0 spiro atoms. The van der Waals surface area contributed by atoms with Crippen LogP contribution in [0, 0.1) is 6.92 Å². The highest BCUT2D eigenvalue weighted by Crippen LogP contribution is 2.32. The standard InChI is InChI=1S/C24H30N2O4S/c1-5-14-29-25-24(27)23-19(4)30-18(3)15-26(23)31-22-12-10-21(11-13-22)28-16-20-9-7-6-8-17(20)2/h5-13,18-19,23H,1,14-16H2,2-4H3,(H,25,27)/t18?,19-,23?/m0/s1. The first-order chi connectivity index (χ1) is 15.0. The van der Waals surface area contributed by atoms with Crippen LogP contribution >= 0.6 is 11.9 Å². The summed E-state index contributed by atoms with van der Waals surface area (Å²) >= 11 is 1.53. The SMILES string of the molecule is C=CCONC(=O)C1[C@H](C)OC(C)CN1Sc1ccc(OCc2ccccc2C)cc1. The highest BCUT2D eigenvalue weighted by atomic mass is 32.2. The maximum Gasteiger partial charge on any atom is 0.264 e. The number of hydroxylamine groups is 1. The molecule has 1 fully saturated rings. The fourth-order valence-corrected chi connectivity index (χ4v) is 4.61. The third-order valence-corrected chi connectivity index (χ3v) is 6.08. The summed E-state index contributed by atoms with van der Waals surface area (Å²) in [5.41, 5.74) is 4.88. The van der Waals surface area contributed by atoms with Gasteiger partial charge in [0.15, 0.2) is 0 Å². The lowest BCUT2D eigenvalue weighted by Crippen LogP contribution is -2.57. The minimum absolute atomic E-state index is 0.0253. The molecule has 1 amide bonds. The summed E-state index contributed by atoms with van der Waals surface area (Å²) in [6, 6.07) is 15.6. The quantitative estimate of drug-likeness (QED) is 0.271. The van der Waals surface area contributed by atoms with Crippen LogP contribution in [0.4, 0.5) is 0 Å². The van der Waals surface area contributed by atoms with E-state index in [4.69, 9.17) is 14.3 Å². The van der Waals surface area contributed by atoms with Crippen LogP contribution in [0.1, 0.15) is 25.0 Å². The van der Waals surface area contributed by atoms with Crippen molar-refractivity contribution in [3.05, 3.63) is 72.3 Å². The Morgan fingerprint density at radius 2 is 2.00 bits per heavy atom. The van der Waals surface area contributed by atoms with E-state index in [0.29, 0.717) is 13.2 Å². The van der Waals surface area contributed by atoms with Gasteiger partial charge in [-0.3, -0.25) is 9.63 Å². The van der Waals surface area contributed by atoms with Crippen molar-refractivity contribution in [2.24, 2.45) is 0 Å². The molecule has 1 heterocycles. The molecule has 3 atom stereocenters. The second-order valence-corrected chi connectivity index (χ2v) is 8.66. The summed E-state index contributed by atoms with van der Waals surface area (Å²) in [5.74, 6) is 0.579. The normalized spacial score (nSPS) is 21.5. The number of hydrogen-bond acceptors (Lipinski definition) is 6. The van der Waals surface area contributed by atoms with Crippen molar-refractivity contribution in [1.82, 2.24) is 9.79 Å². The Morgan fingerprint density at radius 1 is 1.26 bits per heavy atom. The topological polar surface area (TPSA) is 60.0 Å². The number of carbonyl (C=O) groups is 1. The number of hydrogen-bond donors (Lipinski definition) is 1. The van der Waals surface area contributed by atoms with Gasteiger partial charge < -0.3 is 9.47 Å². The monoisotopic (exact) mass is 442 g/mol. The molecular formula is C24H30N2O4S. The molecule has 7 heteroatoms. The summed E-state index contributed by atoms with van der Waals surface area (Å²) in [7, 11) is 0. The van der Waals surface area contributed by atoms with Crippen molar-refractivity contribution in [3.8, 4) is 5.75 Å². The van der Waals surface area contributed by atoms with Gasteiger partial charge in [0.05, 0.1) is 18.8 Å². The molecule has 2 unspecified atom stereocenters. The molecule has 2 aromatic carbocycles. The second kappa shape index (κ2) is 11.3. The van der Waals surface area contributed by atoms with Crippen molar-refractivity contribution in [1.29, 1.82) is 0 Å². The number of benzene rings is 2. The first kappa shape index (κ1) is 23.3. The third kappa shape index (κ3) is 6.58. The van der Waals surface area contributed by atoms with E-state index in [0.717, 1.165) is 10.6 Å². The van der Waals surface area contributed by atoms with E-state index in [1.165, 1.54) is 23.1 Å². The van der Waals surface area contributed by atoms with E-state index in [-0.39, 0.29) is 24.7 Å². The average Bonchev–Trinajstić information content (AvgIpc) is 2.74. The average molecular weight is 443 g/mol. The van der Waals surface area contributed by atoms with Crippen molar-refractivity contribution in [2.75, 3.05) is 13.2 Å². The Bertz CT molecular complexity index is 874. The number of nitrogens with one attached hydrogen (secondary N) is 1. The number of rotatable bonds is 9. The number of nitrogens with zero attached hydrogens (tertiary/aromatic N) is 1. The molecule has 6 nitrogen and oxygen atoms in total. The Labute approximate surface area is 188 Å². The van der Waals surface area contributed by atoms with Gasteiger partial charge in [0.25, 0.3) is 5.91 Å². The Hall–Kier alpha value is -2.32. The van der Waals surface area contributed by atoms with Crippen LogP contribution in [0.25, 0.3) is 0 Å². The summed E-state index contributed by atoms with van der Waals surface area (Å²) in [6.07, 6.45) is 1.34. The van der Waals surface area contributed by atoms with Crippen LogP contribution in [0.15, 0.2) is 66.1 Å². The molecule has 0 saturated carbocycles. The van der Waals surface area contributed by atoms with Crippen molar-refractivity contribution < 1.29 is 19.1 Å². The zero-order valence-corrected chi connectivity index (χ0v) is 19.1. The molecule has 0 radical (unpaired) electrons. The molecule has 1 aliphatic rings.